The number of hydrogen-bond acceptors (Lipinski definition) is 4. The molecule has 0 aliphatic heterocycles. The van der Waals surface area contributed by atoms with E-state index in [0.29, 0.717) is 22.6 Å². The first kappa shape index (κ1) is 18.1. The van der Waals surface area contributed by atoms with Crippen molar-refractivity contribution in [2.45, 2.75) is 25.8 Å². The van der Waals surface area contributed by atoms with Gasteiger partial charge in [-0.1, -0.05) is 12.1 Å². The van der Waals surface area contributed by atoms with Crippen molar-refractivity contribution in [2.24, 2.45) is 0 Å². The van der Waals surface area contributed by atoms with Crippen molar-refractivity contribution in [2.75, 3.05) is 5.32 Å². The van der Waals surface area contributed by atoms with Crippen LogP contribution in [-0.4, -0.2) is 27.8 Å². The number of imidazole rings is 1. The fraction of sp³-hybridized carbons (Fsp3) is 0.200. The highest BCUT2D eigenvalue weighted by atomic mass is 16.2. The first-order valence-electron chi connectivity index (χ1n) is 8.54. The molecule has 0 fully saturated rings. The van der Waals surface area contributed by atoms with Crippen LogP contribution in [0.25, 0.3) is 11.0 Å². The molecule has 3 rings (SSSR count). The molecule has 0 saturated carbocycles. The van der Waals surface area contributed by atoms with Crippen LogP contribution in [0.2, 0.25) is 0 Å². The van der Waals surface area contributed by atoms with Gasteiger partial charge in [0.25, 0.3) is 0 Å². The van der Waals surface area contributed by atoms with Gasteiger partial charge < -0.3 is 15.6 Å². The highest BCUT2D eigenvalue weighted by Crippen LogP contribution is 2.22. The van der Waals surface area contributed by atoms with Crippen LogP contribution in [-0.2, 0) is 0 Å². The number of nitriles is 1. The molecule has 7 heteroatoms. The number of nitrogens with zero attached hydrogens (tertiary/aromatic N) is 2. The number of para-hydroxylation sites is 2. The van der Waals surface area contributed by atoms with E-state index in [-0.39, 0.29) is 17.9 Å². The molecular formula is C20H19N5O2. The third-order valence-corrected chi connectivity index (χ3v) is 3.92. The van der Waals surface area contributed by atoms with Crippen molar-refractivity contribution < 1.29 is 9.59 Å². The monoisotopic (exact) mass is 361 g/mol. The number of ketones is 1. The number of aromatic amines is 1. The number of carbonyl (C=O) groups is 2. The molecule has 1 atom stereocenters. The predicted octanol–water partition coefficient (Wildman–Crippen LogP) is 3.58. The molecule has 2 amide bonds. The summed E-state index contributed by atoms with van der Waals surface area (Å²) in [5, 5.41) is 14.9. The van der Waals surface area contributed by atoms with Gasteiger partial charge in [-0.05, 0) is 50.2 Å². The zero-order valence-electron chi connectivity index (χ0n) is 15.0. The van der Waals surface area contributed by atoms with Gasteiger partial charge in [0.2, 0.25) is 0 Å². The molecule has 0 saturated heterocycles. The van der Waals surface area contributed by atoms with Gasteiger partial charge in [-0.25, -0.2) is 9.78 Å². The lowest BCUT2D eigenvalue weighted by atomic mass is 9.98. The number of benzene rings is 2. The molecule has 0 aliphatic carbocycles. The number of urea groups is 1. The number of hydrogen-bond donors (Lipinski definition) is 3. The SMILES string of the molecule is CC(C)NC(=O)Nc1ccc(C(=O)C(C#N)c2nc3ccccc3[nH]2)cc1. The molecule has 0 bridgehead atoms. The molecule has 1 unspecified atom stereocenters. The van der Waals surface area contributed by atoms with Crippen LogP contribution in [0.3, 0.4) is 0 Å². The summed E-state index contributed by atoms with van der Waals surface area (Å²) in [6, 6.07) is 15.5. The Morgan fingerprint density at radius 1 is 1.11 bits per heavy atom. The summed E-state index contributed by atoms with van der Waals surface area (Å²) in [6.07, 6.45) is 0. The fourth-order valence-electron chi connectivity index (χ4n) is 2.67. The summed E-state index contributed by atoms with van der Waals surface area (Å²) in [4.78, 5) is 31.9. The second kappa shape index (κ2) is 7.70. The van der Waals surface area contributed by atoms with E-state index < -0.39 is 5.92 Å². The van der Waals surface area contributed by atoms with Gasteiger partial charge in [0.15, 0.2) is 11.7 Å². The second-order valence-corrected chi connectivity index (χ2v) is 6.40. The molecule has 0 radical (unpaired) electrons. The van der Waals surface area contributed by atoms with E-state index >= 15 is 0 Å². The molecule has 7 nitrogen and oxygen atoms in total. The Morgan fingerprint density at radius 3 is 2.44 bits per heavy atom. The molecule has 136 valence electrons. The molecule has 3 aromatic rings. The number of anilines is 1. The number of rotatable bonds is 5. The van der Waals surface area contributed by atoms with Crippen molar-refractivity contribution in [3.05, 3.63) is 59.9 Å². The Bertz CT molecular complexity index is 982. The van der Waals surface area contributed by atoms with Crippen LogP contribution in [0.5, 0.6) is 0 Å². The van der Waals surface area contributed by atoms with Crippen LogP contribution in [0.15, 0.2) is 48.5 Å². The maximum atomic E-state index is 12.7. The Balaban J connectivity index is 1.77. The molecule has 2 aromatic carbocycles. The molecular weight excluding hydrogens is 342 g/mol. The molecule has 3 N–H and O–H groups in total. The van der Waals surface area contributed by atoms with E-state index in [1.165, 1.54) is 0 Å². The number of fused-ring (bicyclic) bond motifs is 1. The van der Waals surface area contributed by atoms with Crippen LogP contribution in [0.4, 0.5) is 10.5 Å². The van der Waals surface area contributed by atoms with Crippen molar-refractivity contribution >= 4 is 28.5 Å². The van der Waals surface area contributed by atoms with E-state index in [9.17, 15) is 14.9 Å². The maximum absolute atomic E-state index is 12.7. The van der Waals surface area contributed by atoms with Gasteiger partial charge in [0, 0.05) is 17.3 Å². The minimum absolute atomic E-state index is 0.0195. The average Bonchev–Trinajstić information content (AvgIpc) is 3.05. The zero-order valence-corrected chi connectivity index (χ0v) is 15.0. The summed E-state index contributed by atoms with van der Waals surface area (Å²) < 4.78 is 0. The Morgan fingerprint density at radius 2 is 1.81 bits per heavy atom. The number of amides is 2. The van der Waals surface area contributed by atoms with Crippen LogP contribution < -0.4 is 10.6 Å². The van der Waals surface area contributed by atoms with E-state index in [1.807, 2.05) is 44.2 Å². The molecule has 1 aromatic heterocycles. The van der Waals surface area contributed by atoms with Gasteiger partial charge >= 0.3 is 6.03 Å². The standard InChI is InChI=1S/C20H19N5O2/c1-12(2)22-20(27)23-14-9-7-13(8-10-14)18(26)15(11-21)19-24-16-5-3-4-6-17(16)25-19/h3-10,12,15H,1-2H3,(H,24,25)(H2,22,23,27). The summed E-state index contributed by atoms with van der Waals surface area (Å²) >= 11 is 0. The van der Waals surface area contributed by atoms with Crippen molar-refractivity contribution in [3.63, 3.8) is 0 Å². The van der Waals surface area contributed by atoms with Crippen molar-refractivity contribution in [1.82, 2.24) is 15.3 Å². The quantitative estimate of drug-likeness (QED) is 0.603. The van der Waals surface area contributed by atoms with Crippen LogP contribution >= 0.6 is 0 Å². The number of aromatic nitrogens is 2. The van der Waals surface area contributed by atoms with Gasteiger partial charge in [-0.15, -0.1) is 0 Å². The highest BCUT2D eigenvalue weighted by Gasteiger charge is 2.25. The van der Waals surface area contributed by atoms with Gasteiger partial charge in [-0.3, -0.25) is 4.79 Å². The maximum Gasteiger partial charge on any atom is 0.319 e. The Labute approximate surface area is 156 Å². The summed E-state index contributed by atoms with van der Waals surface area (Å²) in [7, 11) is 0. The van der Waals surface area contributed by atoms with E-state index in [0.717, 1.165) is 5.52 Å². The molecule has 27 heavy (non-hydrogen) atoms. The smallest absolute Gasteiger partial charge is 0.319 e. The summed E-state index contributed by atoms with van der Waals surface area (Å²) in [6.45, 7) is 3.73. The predicted molar refractivity (Wildman–Crippen MR) is 103 cm³/mol. The van der Waals surface area contributed by atoms with Crippen molar-refractivity contribution in [1.29, 1.82) is 5.26 Å². The molecule has 0 spiro atoms. The van der Waals surface area contributed by atoms with Crippen LogP contribution in [0, 0.1) is 11.3 Å². The van der Waals surface area contributed by atoms with Crippen LogP contribution in [0.1, 0.15) is 35.9 Å². The minimum Gasteiger partial charge on any atom is -0.340 e. The fourth-order valence-corrected chi connectivity index (χ4v) is 2.67. The highest BCUT2D eigenvalue weighted by molar-refractivity contribution is 6.03. The first-order chi connectivity index (χ1) is 13.0. The third kappa shape index (κ3) is 4.12. The van der Waals surface area contributed by atoms with Gasteiger partial charge in [0.1, 0.15) is 5.82 Å². The third-order valence-electron chi connectivity index (χ3n) is 3.92. The number of carbonyl (C=O) groups excluding carboxylic acids is 2. The molecule has 0 aliphatic rings. The van der Waals surface area contributed by atoms with Gasteiger partial charge in [0.05, 0.1) is 17.1 Å². The van der Waals surface area contributed by atoms with E-state index in [1.54, 1.807) is 24.3 Å². The lowest BCUT2D eigenvalue weighted by Crippen LogP contribution is -2.34. The Kier molecular flexibility index (Phi) is 5.18. The Hall–Kier alpha value is -3.66. The summed E-state index contributed by atoms with van der Waals surface area (Å²) in [5.74, 6) is -1.06. The van der Waals surface area contributed by atoms with Crippen molar-refractivity contribution in [3.8, 4) is 6.07 Å². The first-order valence-corrected chi connectivity index (χ1v) is 8.54. The largest absolute Gasteiger partial charge is 0.340 e. The molecule has 1 heterocycles. The van der Waals surface area contributed by atoms with E-state index in [2.05, 4.69) is 20.6 Å². The second-order valence-electron chi connectivity index (χ2n) is 6.40. The topological polar surface area (TPSA) is 111 Å². The lowest BCUT2D eigenvalue weighted by molar-refractivity contribution is 0.0976. The summed E-state index contributed by atoms with van der Waals surface area (Å²) in [5.41, 5.74) is 2.41. The normalized spacial score (nSPS) is 11.8. The lowest BCUT2D eigenvalue weighted by Gasteiger charge is -2.11. The number of H-pyrrole nitrogens is 1. The average molecular weight is 361 g/mol. The van der Waals surface area contributed by atoms with E-state index in [4.69, 9.17) is 0 Å². The number of Topliss-reactive ketones (excluding diaryl/α,β-unsaturated/α-hetero) is 1. The number of nitrogens with one attached hydrogen (secondary N) is 3. The zero-order chi connectivity index (χ0) is 19.4. The van der Waals surface area contributed by atoms with Gasteiger partial charge in [-0.2, -0.15) is 5.26 Å². The minimum atomic E-state index is -1.03.